The molecule has 6 aliphatic carbocycles. The van der Waals surface area contributed by atoms with Crippen LogP contribution in [0.1, 0.15) is 77.3 Å². The van der Waals surface area contributed by atoms with Gasteiger partial charge in [0.05, 0.1) is 5.60 Å². The van der Waals surface area contributed by atoms with Gasteiger partial charge >= 0.3 is 0 Å². The molecule has 0 radical (unpaired) electrons. The van der Waals surface area contributed by atoms with Crippen LogP contribution in [0.15, 0.2) is 12.1 Å². The summed E-state index contributed by atoms with van der Waals surface area (Å²) in [7, 11) is 1.83. The Kier molecular flexibility index (Phi) is 3.37. The van der Waals surface area contributed by atoms with Gasteiger partial charge in [-0.2, -0.15) is 0 Å². The fraction of sp³-hybridized carbons (Fsp3) is 0.793. The van der Waals surface area contributed by atoms with Gasteiger partial charge in [0.2, 0.25) is 0 Å². The molecule has 0 aromatic heterocycles. The molecule has 0 amide bonds. The highest BCUT2D eigenvalue weighted by molar-refractivity contribution is 5.67. The van der Waals surface area contributed by atoms with E-state index in [1.807, 2.05) is 20.1 Å². The molecular weight excluding hydrogens is 426 g/mol. The Morgan fingerprint density at radius 2 is 1.94 bits per heavy atom. The SMILES string of the molecule is COC12CCC3(CC1C(C)(O)C(C)(C)C)C1[N@](CC4CC4)[C@@]14Cc1ccc(O)c5c1[C@@]3(C4)C2O5. The number of hydrogen-bond acceptors (Lipinski definition) is 5. The second-order valence-corrected chi connectivity index (χ2v) is 14.3. The van der Waals surface area contributed by atoms with Crippen LogP contribution in [0.2, 0.25) is 0 Å². The van der Waals surface area contributed by atoms with Crippen molar-refractivity contribution in [3.05, 3.63) is 23.3 Å². The van der Waals surface area contributed by atoms with Crippen molar-refractivity contribution in [3.8, 4) is 11.5 Å². The molecule has 8 aliphatic rings. The van der Waals surface area contributed by atoms with Crippen LogP contribution in [0.25, 0.3) is 0 Å². The quantitative estimate of drug-likeness (QED) is 0.654. The zero-order chi connectivity index (χ0) is 23.7. The van der Waals surface area contributed by atoms with Crippen molar-refractivity contribution in [1.29, 1.82) is 0 Å². The van der Waals surface area contributed by atoms with Crippen LogP contribution in [0.5, 0.6) is 11.5 Å². The number of hydrogen-bond donors (Lipinski definition) is 2. The summed E-state index contributed by atoms with van der Waals surface area (Å²) in [6, 6.07) is 4.58. The lowest BCUT2D eigenvalue weighted by Crippen LogP contribution is -2.78. The number of aromatic hydroxyl groups is 1. The summed E-state index contributed by atoms with van der Waals surface area (Å²) in [4.78, 5) is 2.88. The average Bonchev–Trinajstić information content (AvgIpc) is 3.64. The Hall–Kier alpha value is -1.30. The van der Waals surface area contributed by atoms with Crippen molar-refractivity contribution in [3.63, 3.8) is 0 Å². The minimum absolute atomic E-state index is 0.0194. The first-order valence-electron chi connectivity index (χ1n) is 13.5. The summed E-state index contributed by atoms with van der Waals surface area (Å²) in [5.41, 5.74) is 1.12. The van der Waals surface area contributed by atoms with Crippen LogP contribution in [0.4, 0.5) is 0 Å². The standard InChI is InChI=1S/C29H39NO4/c1-24(2,3)25(4,32)19-13-26-10-11-29(19,33-5)23-28(26)15-27(22(26)30(27)14-16-6-7-16)12-17-8-9-18(31)21(34-23)20(17)28/h8-9,16,19,22-23,31-32H,6-7,10-15H2,1-5H3/t19?,22?,23?,25?,26?,27-,28+,29?,30+/m1/s1. The van der Waals surface area contributed by atoms with E-state index >= 15 is 0 Å². The summed E-state index contributed by atoms with van der Waals surface area (Å²) in [6.45, 7) is 9.76. The van der Waals surface area contributed by atoms with E-state index in [1.165, 1.54) is 30.5 Å². The number of likely N-dealkylation sites (tertiary alicyclic amines) is 1. The van der Waals surface area contributed by atoms with E-state index in [0.29, 0.717) is 6.04 Å². The molecule has 6 unspecified atom stereocenters. The molecule has 5 nitrogen and oxygen atoms in total. The van der Waals surface area contributed by atoms with Gasteiger partial charge in [0.1, 0.15) is 11.7 Å². The van der Waals surface area contributed by atoms with Gasteiger partial charge in [0.15, 0.2) is 11.5 Å². The van der Waals surface area contributed by atoms with Crippen molar-refractivity contribution in [2.75, 3.05) is 13.7 Å². The van der Waals surface area contributed by atoms with Crippen molar-refractivity contribution in [1.82, 2.24) is 4.90 Å². The molecule has 1 aromatic rings. The lowest BCUT2D eigenvalue weighted by atomic mass is 9.38. The number of nitrogens with zero attached hydrogens (tertiary/aromatic N) is 1. The molecule has 184 valence electrons. The third-order valence-corrected chi connectivity index (χ3v) is 12.5. The number of phenolic OH excluding ortho intramolecular Hbond substituents is 1. The maximum absolute atomic E-state index is 12.2. The minimum Gasteiger partial charge on any atom is -0.504 e. The van der Waals surface area contributed by atoms with Gasteiger partial charge in [-0.15, -0.1) is 0 Å². The van der Waals surface area contributed by atoms with Gasteiger partial charge < -0.3 is 19.7 Å². The van der Waals surface area contributed by atoms with Gasteiger partial charge in [-0.1, -0.05) is 26.8 Å². The average molecular weight is 466 g/mol. The molecule has 4 bridgehead atoms. The second-order valence-electron chi connectivity index (χ2n) is 14.3. The highest BCUT2D eigenvalue weighted by Gasteiger charge is 2.92. The van der Waals surface area contributed by atoms with Gasteiger partial charge in [-0.05, 0) is 74.8 Å². The number of rotatable bonds is 4. The molecule has 5 saturated carbocycles. The van der Waals surface area contributed by atoms with Crippen LogP contribution in [-0.4, -0.2) is 57.7 Å². The molecule has 5 heteroatoms. The summed E-state index contributed by atoms with van der Waals surface area (Å²) >= 11 is 0. The van der Waals surface area contributed by atoms with Gasteiger partial charge in [-0.25, -0.2) is 0 Å². The molecule has 2 N–H and O–H groups in total. The number of phenols is 1. The maximum Gasteiger partial charge on any atom is 0.165 e. The van der Waals surface area contributed by atoms with E-state index in [0.717, 1.165) is 43.8 Å². The Morgan fingerprint density at radius 3 is 2.62 bits per heavy atom. The zero-order valence-electron chi connectivity index (χ0n) is 21.3. The number of ether oxygens (including phenoxy) is 2. The third-order valence-electron chi connectivity index (χ3n) is 12.5. The molecule has 3 spiro atoms. The first-order valence-corrected chi connectivity index (χ1v) is 13.5. The molecule has 34 heavy (non-hydrogen) atoms. The fourth-order valence-corrected chi connectivity index (χ4v) is 10.5. The monoisotopic (exact) mass is 465 g/mol. The van der Waals surface area contributed by atoms with E-state index in [2.05, 4.69) is 31.7 Å². The highest BCUT2D eigenvalue weighted by atomic mass is 16.6. The summed E-state index contributed by atoms with van der Waals surface area (Å²) in [5, 5.41) is 23.2. The number of benzene rings is 1. The van der Waals surface area contributed by atoms with Crippen LogP contribution >= 0.6 is 0 Å². The minimum atomic E-state index is -0.902. The van der Waals surface area contributed by atoms with Crippen LogP contribution < -0.4 is 4.74 Å². The number of piperidine rings is 1. The predicted octanol–water partition coefficient (Wildman–Crippen LogP) is 4.17. The number of aliphatic hydroxyl groups is 1. The molecule has 2 heterocycles. The molecule has 9 rings (SSSR count). The maximum atomic E-state index is 12.2. The van der Waals surface area contributed by atoms with Gasteiger partial charge in [0.25, 0.3) is 0 Å². The first kappa shape index (κ1) is 20.8. The molecule has 2 aliphatic heterocycles. The lowest BCUT2D eigenvalue weighted by Gasteiger charge is -2.69. The van der Waals surface area contributed by atoms with Crippen molar-refractivity contribution < 1.29 is 19.7 Å². The highest BCUT2D eigenvalue weighted by Crippen LogP contribution is 2.86. The molecule has 6 fully saturated rings. The lowest BCUT2D eigenvalue weighted by molar-refractivity contribution is -0.290. The van der Waals surface area contributed by atoms with E-state index in [1.54, 1.807) is 0 Å². The van der Waals surface area contributed by atoms with Crippen LogP contribution in [-0.2, 0) is 16.6 Å². The molecule has 9 atom stereocenters. The van der Waals surface area contributed by atoms with Crippen molar-refractivity contribution in [2.45, 2.75) is 107 Å². The topological polar surface area (TPSA) is 61.9 Å². The van der Waals surface area contributed by atoms with E-state index in [-0.39, 0.29) is 39.6 Å². The largest absolute Gasteiger partial charge is 0.504 e. The van der Waals surface area contributed by atoms with E-state index < -0.39 is 11.2 Å². The Labute approximate surface area is 202 Å². The van der Waals surface area contributed by atoms with Gasteiger partial charge in [0, 0.05) is 47.5 Å². The summed E-state index contributed by atoms with van der Waals surface area (Å²) in [5.74, 6) is 1.84. The molecular formula is C29H39NO4. The van der Waals surface area contributed by atoms with Gasteiger partial charge in [-0.3, -0.25) is 4.90 Å². The fourth-order valence-electron chi connectivity index (χ4n) is 10.5. The Bertz CT molecular complexity index is 1140. The Morgan fingerprint density at radius 1 is 1.18 bits per heavy atom. The van der Waals surface area contributed by atoms with Crippen molar-refractivity contribution in [2.24, 2.45) is 22.7 Å². The summed E-state index contributed by atoms with van der Waals surface area (Å²) in [6.07, 6.45) is 7.83. The predicted molar refractivity (Wildman–Crippen MR) is 128 cm³/mol. The number of methoxy groups -OCH3 is 1. The number of fused-ring (bicyclic) bond motifs is 2. The van der Waals surface area contributed by atoms with Crippen LogP contribution in [0.3, 0.4) is 0 Å². The zero-order valence-corrected chi connectivity index (χ0v) is 21.3. The second kappa shape index (κ2) is 5.50. The normalized spacial score (nSPS) is 50.4. The smallest absolute Gasteiger partial charge is 0.165 e. The van der Waals surface area contributed by atoms with Crippen LogP contribution in [0, 0.1) is 22.7 Å². The molecule has 1 aromatic carbocycles. The Balaban J connectivity index is 1.38. The molecule has 1 saturated heterocycles. The van der Waals surface area contributed by atoms with E-state index in [4.69, 9.17) is 9.47 Å². The first-order chi connectivity index (χ1) is 16.0. The van der Waals surface area contributed by atoms with Crippen molar-refractivity contribution >= 4 is 0 Å². The summed E-state index contributed by atoms with van der Waals surface area (Å²) < 4.78 is 13.5. The third kappa shape index (κ3) is 1.86. The van der Waals surface area contributed by atoms with E-state index in [9.17, 15) is 10.2 Å².